The number of carbonyl (C=O) groups is 2. The summed E-state index contributed by atoms with van der Waals surface area (Å²) in [6, 6.07) is 5.74. The highest BCUT2D eigenvalue weighted by molar-refractivity contribution is 6.07. The van der Waals surface area contributed by atoms with Crippen molar-refractivity contribution in [3.05, 3.63) is 30.0 Å². The van der Waals surface area contributed by atoms with Crippen LogP contribution in [-0.2, 0) is 14.2 Å². The smallest absolute Gasteiger partial charge is 0.409 e. The highest BCUT2D eigenvalue weighted by Gasteiger charge is 2.41. The molecule has 4 heterocycles. The number of hydrogen-bond acceptors (Lipinski definition) is 8. The van der Waals surface area contributed by atoms with E-state index >= 15 is 0 Å². The van der Waals surface area contributed by atoms with Gasteiger partial charge in [0.15, 0.2) is 5.79 Å². The summed E-state index contributed by atoms with van der Waals surface area (Å²) < 4.78 is 22.4. The Morgan fingerprint density at radius 2 is 1.71 bits per heavy atom. The van der Waals surface area contributed by atoms with Crippen LogP contribution in [0.3, 0.4) is 0 Å². The van der Waals surface area contributed by atoms with Gasteiger partial charge in [0.1, 0.15) is 5.75 Å². The lowest BCUT2D eigenvalue weighted by molar-refractivity contribution is -0.169. The van der Waals surface area contributed by atoms with Crippen LogP contribution in [0.1, 0.15) is 30.1 Å². The lowest BCUT2D eigenvalue weighted by atomic mass is 9.99. The van der Waals surface area contributed by atoms with E-state index < -0.39 is 5.79 Å². The number of piperidine rings is 1. The molecule has 0 atom stereocenters. The van der Waals surface area contributed by atoms with Crippen LogP contribution in [0.2, 0.25) is 0 Å². The van der Waals surface area contributed by atoms with Crippen LogP contribution in [0.15, 0.2) is 24.4 Å². The molecule has 1 aromatic carbocycles. The topological polar surface area (TPSA) is 93.7 Å². The van der Waals surface area contributed by atoms with E-state index in [4.69, 9.17) is 18.9 Å². The van der Waals surface area contributed by atoms with Crippen molar-refractivity contribution in [1.82, 2.24) is 14.8 Å². The fourth-order valence-corrected chi connectivity index (χ4v) is 5.12. The zero-order chi connectivity index (χ0) is 24.4. The second-order valence-corrected chi connectivity index (χ2v) is 8.98. The van der Waals surface area contributed by atoms with Crippen molar-refractivity contribution in [2.45, 2.75) is 25.6 Å². The molecule has 1 aromatic heterocycles. The molecule has 0 bridgehead atoms. The third-order valence-electron chi connectivity index (χ3n) is 7.03. The summed E-state index contributed by atoms with van der Waals surface area (Å²) in [6.45, 7) is 6.53. The molecule has 2 amide bonds. The molecular formula is C25H32N4O6. The van der Waals surface area contributed by atoms with Gasteiger partial charge in [0.25, 0.3) is 5.91 Å². The molecule has 188 valence electrons. The third kappa shape index (κ3) is 4.60. The number of amides is 2. The van der Waals surface area contributed by atoms with Crippen molar-refractivity contribution in [2.75, 3.05) is 71.1 Å². The molecule has 3 saturated heterocycles. The van der Waals surface area contributed by atoms with Gasteiger partial charge in [-0.2, -0.15) is 0 Å². The van der Waals surface area contributed by atoms with Crippen LogP contribution in [0.4, 0.5) is 10.5 Å². The minimum absolute atomic E-state index is 0.0885. The number of carbonyl (C=O) groups excluding carboxylic acids is 2. The Morgan fingerprint density at radius 1 is 1.03 bits per heavy atom. The largest absolute Gasteiger partial charge is 0.497 e. The highest BCUT2D eigenvalue weighted by atomic mass is 16.7. The predicted octanol–water partition coefficient (Wildman–Crippen LogP) is 2.50. The number of rotatable bonds is 4. The Kier molecular flexibility index (Phi) is 6.66. The van der Waals surface area contributed by atoms with Crippen molar-refractivity contribution in [3.63, 3.8) is 0 Å². The minimum Gasteiger partial charge on any atom is -0.497 e. The minimum atomic E-state index is -0.509. The van der Waals surface area contributed by atoms with Gasteiger partial charge >= 0.3 is 6.09 Å². The first-order chi connectivity index (χ1) is 17.0. The van der Waals surface area contributed by atoms with E-state index in [2.05, 4.69) is 9.88 Å². The molecule has 0 radical (unpaired) electrons. The number of anilines is 1. The summed E-state index contributed by atoms with van der Waals surface area (Å²) in [5, 5.41) is 0.879. The van der Waals surface area contributed by atoms with Crippen LogP contribution < -0.4 is 9.64 Å². The lowest BCUT2D eigenvalue weighted by Crippen LogP contribution is -2.51. The number of piperazine rings is 1. The summed E-state index contributed by atoms with van der Waals surface area (Å²) in [5.74, 6) is 0.114. The van der Waals surface area contributed by atoms with Gasteiger partial charge in [-0.1, -0.05) is 0 Å². The number of methoxy groups -OCH3 is 1. The van der Waals surface area contributed by atoms with Crippen molar-refractivity contribution in [2.24, 2.45) is 0 Å². The van der Waals surface area contributed by atoms with E-state index in [9.17, 15) is 9.59 Å². The molecule has 35 heavy (non-hydrogen) atoms. The van der Waals surface area contributed by atoms with Gasteiger partial charge in [-0.25, -0.2) is 4.79 Å². The normalized spacial score (nSPS) is 19.9. The fraction of sp³-hybridized carbons (Fsp3) is 0.560. The summed E-state index contributed by atoms with van der Waals surface area (Å²) in [4.78, 5) is 36.1. The quantitative estimate of drug-likeness (QED) is 0.654. The molecule has 2 aromatic rings. The number of fused-ring (bicyclic) bond motifs is 1. The molecule has 0 unspecified atom stereocenters. The second kappa shape index (κ2) is 9.87. The summed E-state index contributed by atoms with van der Waals surface area (Å²) in [6.07, 6.45) is 2.80. The molecule has 5 rings (SSSR count). The van der Waals surface area contributed by atoms with Crippen molar-refractivity contribution in [3.8, 4) is 5.75 Å². The molecular weight excluding hydrogens is 452 g/mol. The monoisotopic (exact) mass is 484 g/mol. The van der Waals surface area contributed by atoms with E-state index in [-0.39, 0.29) is 12.0 Å². The van der Waals surface area contributed by atoms with Gasteiger partial charge in [0, 0.05) is 63.7 Å². The Balaban J connectivity index is 1.44. The van der Waals surface area contributed by atoms with Crippen LogP contribution in [-0.4, -0.2) is 98.8 Å². The number of aromatic nitrogens is 1. The number of benzene rings is 1. The van der Waals surface area contributed by atoms with Crippen LogP contribution in [0.25, 0.3) is 10.9 Å². The molecule has 10 heteroatoms. The second-order valence-electron chi connectivity index (χ2n) is 8.98. The van der Waals surface area contributed by atoms with Gasteiger partial charge in [0.2, 0.25) is 0 Å². The van der Waals surface area contributed by atoms with E-state index in [0.717, 1.165) is 29.4 Å². The standard InChI is InChI=1S/C25H32N4O6/c1-3-33-24(31)29-12-10-28(11-13-29)23(30)20-17-26-21-5-4-18(32-2)16-19(21)22(20)27-8-6-25(7-9-27)34-14-15-35-25/h4-5,16-17H,3,6-15H2,1-2H3. The van der Waals surface area contributed by atoms with E-state index in [0.29, 0.717) is 70.4 Å². The fourth-order valence-electron chi connectivity index (χ4n) is 5.12. The highest BCUT2D eigenvalue weighted by Crippen LogP contribution is 2.38. The van der Waals surface area contributed by atoms with Crippen LogP contribution in [0.5, 0.6) is 5.75 Å². The Morgan fingerprint density at radius 3 is 2.37 bits per heavy atom. The maximum atomic E-state index is 13.8. The van der Waals surface area contributed by atoms with Gasteiger partial charge in [-0.05, 0) is 25.1 Å². The number of hydrogen-bond donors (Lipinski definition) is 0. The first kappa shape index (κ1) is 23.6. The number of ether oxygens (including phenoxy) is 4. The molecule has 10 nitrogen and oxygen atoms in total. The Hall–Kier alpha value is -3.11. The Bertz CT molecular complexity index is 1080. The van der Waals surface area contributed by atoms with Crippen LogP contribution >= 0.6 is 0 Å². The summed E-state index contributed by atoms with van der Waals surface area (Å²) in [7, 11) is 1.63. The SMILES string of the molecule is CCOC(=O)N1CCN(C(=O)c2cnc3ccc(OC)cc3c2N2CCC3(CC2)OCCO3)CC1. The van der Waals surface area contributed by atoms with Gasteiger partial charge in [-0.3, -0.25) is 9.78 Å². The van der Waals surface area contributed by atoms with Crippen molar-refractivity contribution >= 4 is 28.6 Å². The number of nitrogens with zero attached hydrogens (tertiary/aromatic N) is 4. The predicted molar refractivity (Wildman–Crippen MR) is 129 cm³/mol. The van der Waals surface area contributed by atoms with Crippen molar-refractivity contribution < 1.29 is 28.5 Å². The molecule has 1 spiro atoms. The zero-order valence-corrected chi connectivity index (χ0v) is 20.3. The van der Waals surface area contributed by atoms with E-state index in [1.165, 1.54) is 0 Å². The summed E-state index contributed by atoms with van der Waals surface area (Å²) in [5.41, 5.74) is 2.22. The van der Waals surface area contributed by atoms with E-state index in [1.807, 2.05) is 18.2 Å². The van der Waals surface area contributed by atoms with Crippen molar-refractivity contribution in [1.29, 1.82) is 0 Å². The summed E-state index contributed by atoms with van der Waals surface area (Å²) >= 11 is 0. The lowest BCUT2D eigenvalue weighted by Gasteiger charge is -2.40. The molecule has 0 aliphatic carbocycles. The first-order valence-electron chi connectivity index (χ1n) is 12.2. The average Bonchev–Trinajstić information content (AvgIpc) is 3.36. The molecule has 3 aliphatic heterocycles. The Labute approximate surface area is 204 Å². The molecule has 3 aliphatic rings. The molecule has 0 N–H and O–H groups in total. The molecule has 3 fully saturated rings. The third-order valence-corrected chi connectivity index (χ3v) is 7.03. The maximum absolute atomic E-state index is 13.8. The van der Waals surface area contributed by atoms with E-state index in [1.54, 1.807) is 30.0 Å². The number of pyridine rings is 1. The van der Waals surface area contributed by atoms with Gasteiger partial charge < -0.3 is 33.6 Å². The zero-order valence-electron chi connectivity index (χ0n) is 20.3. The van der Waals surface area contributed by atoms with Gasteiger partial charge in [0.05, 0.1) is 43.7 Å². The molecule has 0 saturated carbocycles. The first-order valence-corrected chi connectivity index (χ1v) is 12.2. The van der Waals surface area contributed by atoms with Crippen LogP contribution in [0, 0.1) is 0 Å². The maximum Gasteiger partial charge on any atom is 0.409 e. The van der Waals surface area contributed by atoms with Gasteiger partial charge in [-0.15, -0.1) is 0 Å². The average molecular weight is 485 g/mol.